The van der Waals surface area contributed by atoms with E-state index >= 15 is 0 Å². The molecule has 1 rings (SSSR count). The number of methoxy groups -OCH3 is 1. The topological polar surface area (TPSA) is 50.4 Å². The van der Waals surface area contributed by atoms with E-state index in [9.17, 15) is 4.79 Å². The van der Waals surface area contributed by atoms with Crippen LogP contribution in [0.4, 0.5) is 0 Å². The van der Waals surface area contributed by atoms with Crippen LogP contribution in [0.3, 0.4) is 0 Å². The first-order valence-electron chi connectivity index (χ1n) is 5.67. The van der Waals surface area contributed by atoms with Crippen LogP contribution in [-0.2, 0) is 9.53 Å². The molecule has 1 fully saturated rings. The highest BCUT2D eigenvalue weighted by atomic mass is 16.5. The van der Waals surface area contributed by atoms with Crippen LogP contribution in [0.15, 0.2) is 0 Å². The van der Waals surface area contributed by atoms with Crippen LogP contribution in [0.5, 0.6) is 0 Å². The van der Waals surface area contributed by atoms with E-state index in [0.29, 0.717) is 19.7 Å². The molecule has 15 heavy (non-hydrogen) atoms. The molecule has 1 aliphatic carbocycles. The van der Waals surface area contributed by atoms with Gasteiger partial charge in [-0.2, -0.15) is 0 Å². The number of carbonyl (C=O) groups excluding carboxylic acids is 1. The first-order valence-corrected chi connectivity index (χ1v) is 5.67. The van der Waals surface area contributed by atoms with E-state index in [1.54, 1.807) is 7.11 Å². The minimum Gasteiger partial charge on any atom is -0.385 e. The monoisotopic (exact) mass is 214 g/mol. The molecule has 2 N–H and O–H groups in total. The highest BCUT2D eigenvalue weighted by Gasteiger charge is 2.31. The molecule has 0 spiro atoms. The van der Waals surface area contributed by atoms with E-state index in [0.717, 1.165) is 6.42 Å². The lowest BCUT2D eigenvalue weighted by Gasteiger charge is -2.39. The van der Waals surface area contributed by atoms with Crippen molar-refractivity contribution in [2.24, 2.45) is 0 Å². The van der Waals surface area contributed by atoms with Crippen molar-refractivity contribution < 1.29 is 9.53 Å². The van der Waals surface area contributed by atoms with Crippen LogP contribution in [-0.4, -0.2) is 38.3 Å². The Kier molecular flexibility index (Phi) is 5.05. The van der Waals surface area contributed by atoms with Gasteiger partial charge in [0.25, 0.3) is 0 Å². The van der Waals surface area contributed by atoms with Crippen molar-refractivity contribution >= 4 is 5.91 Å². The second-order valence-corrected chi connectivity index (χ2v) is 4.46. The Hall–Kier alpha value is -0.610. The minimum absolute atomic E-state index is 0.0826. The van der Waals surface area contributed by atoms with Gasteiger partial charge in [0.2, 0.25) is 5.91 Å². The van der Waals surface area contributed by atoms with E-state index in [-0.39, 0.29) is 11.4 Å². The fourth-order valence-electron chi connectivity index (χ4n) is 1.68. The van der Waals surface area contributed by atoms with Gasteiger partial charge in [-0.05, 0) is 32.6 Å². The van der Waals surface area contributed by atoms with Crippen LogP contribution in [0.25, 0.3) is 0 Å². The lowest BCUT2D eigenvalue weighted by Crippen LogP contribution is -2.51. The van der Waals surface area contributed by atoms with Crippen molar-refractivity contribution in [2.45, 2.75) is 38.1 Å². The zero-order valence-electron chi connectivity index (χ0n) is 9.77. The summed E-state index contributed by atoms with van der Waals surface area (Å²) in [5.41, 5.74) is 0.212. The molecule has 1 aliphatic rings. The van der Waals surface area contributed by atoms with Crippen LogP contribution >= 0.6 is 0 Å². The molecule has 0 atom stereocenters. The van der Waals surface area contributed by atoms with E-state index in [1.807, 2.05) is 0 Å². The number of carbonyl (C=O) groups is 1. The second-order valence-electron chi connectivity index (χ2n) is 4.46. The van der Waals surface area contributed by atoms with Gasteiger partial charge in [0, 0.05) is 25.8 Å². The van der Waals surface area contributed by atoms with Crippen molar-refractivity contribution in [3.8, 4) is 0 Å². The molecule has 0 bridgehead atoms. The molecular weight excluding hydrogens is 192 g/mol. The fraction of sp³-hybridized carbons (Fsp3) is 0.909. The third kappa shape index (κ3) is 4.62. The Bertz CT molecular complexity index is 203. The van der Waals surface area contributed by atoms with Gasteiger partial charge in [0.05, 0.1) is 6.54 Å². The molecule has 0 heterocycles. The lowest BCUT2D eigenvalue weighted by molar-refractivity contribution is -0.120. The van der Waals surface area contributed by atoms with Gasteiger partial charge < -0.3 is 15.4 Å². The number of rotatable bonds is 7. The SMILES string of the molecule is COCCCNC(=O)CNC1(C)CCC1. The minimum atomic E-state index is 0.0826. The van der Waals surface area contributed by atoms with Crippen LogP contribution in [0.1, 0.15) is 32.6 Å². The molecule has 0 saturated heterocycles. The van der Waals surface area contributed by atoms with Crippen molar-refractivity contribution in [1.29, 1.82) is 0 Å². The van der Waals surface area contributed by atoms with Gasteiger partial charge >= 0.3 is 0 Å². The summed E-state index contributed by atoms with van der Waals surface area (Å²) in [6, 6.07) is 0. The number of ether oxygens (including phenoxy) is 1. The summed E-state index contributed by atoms with van der Waals surface area (Å²) in [7, 11) is 1.67. The summed E-state index contributed by atoms with van der Waals surface area (Å²) in [5.74, 6) is 0.0826. The van der Waals surface area contributed by atoms with Gasteiger partial charge in [-0.15, -0.1) is 0 Å². The largest absolute Gasteiger partial charge is 0.385 e. The highest BCUT2D eigenvalue weighted by molar-refractivity contribution is 5.78. The average Bonchev–Trinajstić information content (AvgIpc) is 2.19. The molecule has 0 aromatic heterocycles. The first kappa shape index (κ1) is 12.5. The van der Waals surface area contributed by atoms with Crippen molar-refractivity contribution in [3.63, 3.8) is 0 Å². The quantitative estimate of drug-likeness (QED) is 0.612. The van der Waals surface area contributed by atoms with Crippen molar-refractivity contribution in [1.82, 2.24) is 10.6 Å². The molecular formula is C11H22N2O2. The molecule has 4 heteroatoms. The Morgan fingerprint density at radius 1 is 1.47 bits per heavy atom. The Morgan fingerprint density at radius 3 is 2.73 bits per heavy atom. The number of hydrogen-bond donors (Lipinski definition) is 2. The maximum absolute atomic E-state index is 11.4. The predicted octanol–water partition coefficient (Wildman–Crippen LogP) is 0.671. The molecule has 0 aromatic carbocycles. The lowest BCUT2D eigenvalue weighted by atomic mass is 9.78. The standard InChI is InChI=1S/C11H22N2O2/c1-11(5-3-6-11)13-9-10(14)12-7-4-8-15-2/h13H,3-9H2,1-2H3,(H,12,14). The van der Waals surface area contributed by atoms with Gasteiger partial charge in [-0.3, -0.25) is 4.79 Å². The smallest absolute Gasteiger partial charge is 0.233 e. The Labute approximate surface area is 91.8 Å². The zero-order valence-corrected chi connectivity index (χ0v) is 9.77. The maximum atomic E-state index is 11.4. The summed E-state index contributed by atoms with van der Waals surface area (Å²) >= 11 is 0. The zero-order chi connectivity index (χ0) is 11.1. The van der Waals surface area contributed by atoms with E-state index in [4.69, 9.17) is 4.74 Å². The molecule has 1 saturated carbocycles. The van der Waals surface area contributed by atoms with Gasteiger partial charge in [-0.1, -0.05) is 0 Å². The number of hydrogen-bond acceptors (Lipinski definition) is 3. The molecule has 0 unspecified atom stereocenters. The van der Waals surface area contributed by atoms with E-state index in [1.165, 1.54) is 19.3 Å². The average molecular weight is 214 g/mol. The number of nitrogens with one attached hydrogen (secondary N) is 2. The summed E-state index contributed by atoms with van der Waals surface area (Å²) in [5, 5.41) is 6.15. The van der Waals surface area contributed by atoms with E-state index in [2.05, 4.69) is 17.6 Å². The Morgan fingerprint density at radius 2 is 2.20 bits per heavy atom. The molecule has 0 aliphatic heterocycles. The summed E-state index contributed by atoms with van der Waals surface area (Å²) in [6.45, 7) is 4.01. The highest BCUT2D eigenvalue weighted by Crippen LogP contribution is 2.30. The molecule has 0 aromatic rings. The van der Waals surface area contributed by atoms with Crippen molar-refractivity contribution in [2.75, 3.05) is 26.8 Å². The summed E-state index contributed by atoms with van der Waals surface area (Å²) < 4.78 is 4.90. The van der Waals surface area contributed by atoms with Gasteiger partial charge in [-0.25, -0.2) is 0 Å². The molecule has 0 radical (unpaired) electrons. The van der Waals surface area contributed by atoms with Crippen LogP contribution in [0.2, 0.25) is 0 Å². The van der Waals surface area contributed by atoms with E-state index < -0.39 is 0 Å². The summed E-state index contributed by atoms with van der Waals surface area (Å²) in [4.78, 5) is 11.4. The normalized spacial score (nSPS) is 18.3. The molecule has 88 valence electrons. The fourth-order valence-corrected chi connectivity index (χ4v) is 1.68. The third-order valence-corrected chi connectivity index (χ3v) is 2.98. The van der Waals surface area contributed by atoms with Crippen LogP contribution in [0, 0.1) is 0 Å². The maximum Gasteiger partial charge on any atom is 0.233 e. The first-order chi connectivity index (χ1) is 7.16. The van der Waals surface area contributed by atoms with Crippen LogP contribution < -0.4 is 10.6 Å². The number of amides is 1. The van der Waals surface area contributed by atoms with Gasteiger partial charge in [0.1, 0.15) is 0 Å². The third-order valence-electron chi connectivity index (χ3n) is 2.98. The molecule has 4 nitrogen and oxygen atoms in total. The summed E-state index contributed by atoms with van der Waals surface area (Å²) in [6.07, 6.45) is 4.52. The Balaban J connectivity index is 1.98. The van der Waals surface area contributed by atoms with Crippen molar-refractivity contribution in [3.05, 3.63) is 0 Å². The predicted molar refractivity (Wildman–Crippen MR) is 59.8 cm³/mol. The van der Waals surface area contributed by atoms with Gasteiger partial charge in [0.15, 0.2) is 0 Å². The second kappa shape index (κ2) is 6.08. The molecule has 1 amide bonds.